The number of unbranched alkanes of at least 4 members (excludes halogenated alkanes) is 2. The van der Waals surface area contributed by atoms with Gasteiger partial charge < -0.3 is 0 Å². The van der Waals surface area contributed by atoms with Crippen molar-refractivity contribution >= 4 is 0 Å². The number of aryl methyl sites for hydroxylation is 1. The second-order valence-electron chi connectivity index (χ2n) is 4.19. The van der Waals surface area contributed by atoms with Crippen LogP contribution in [0.15, 0.2) is 12.3 Å². The van der Waals surface area contributed by atoms with Crippen LogP contribution in [0.5, 0.6) is 0 Å². The topological polar surface area (TPSA) is 55.9 Å². The van der Waals surface area contributed by atoms with E-state index in [2.05, 4.69) is 35.1 Å². The van der Waals surface area contributed by atoms with E-state index in [0.717, 1.165) is 19.4 Å². The van der Waals surface area contributed by atoms with Crippen LogP contribution < -0.4 is 11.3 Å². The van der Waals surface area contributed by atoms with Crippen molar-refractivity contribution in [3.05, 3.63) is 18.0 Å². The van der Waals surface area contributed by atoms with Crippen LogP contribution in [0.1, 0.15) is 57.7 Å². The SMILES string of the molecule is CCCCCC(NN)c1ccnn1CCC. The Morgan fingerprint density at radius 2 is 2.19 bits per heavy atom. The number of nitrogens with two attached hydrogens (primary N) is 1. The van der Waals surface area contributed by atoms with Crippen LogP contribution in [0, 0.1) is 0 Å². The van der Waals surface area contributed by atoms with Crippen LogP contribution in [0.25, 0.3) is 0 Å². The number of rotatable bonds is 8. The molecule has 0 aliphatic rings. The first-order valence-corrected chi connectivity index (χ1v) is 6.31. The molecule has 1 rings (SSSR count). The van der Waals surface area contributed by atoms with Crippen LogP contribution in [-0.2, 0) is 6.54 Å². The zero-order chi connectivity index (χ0) is 11.8. The molecule has 1 unspecified atom stereocenters. The Kier molecular flexibility index (Phi) is 6.11. The molecule has 1 atom stereocenters. The van der Waals surface area contributed by atoms with Crippen molar-refractivity contribution in [1.29, 1.82) is 0 Å². The fraction of sp³-hybridized carbons (Fsp3) is 0.750. The summed E-state index contributed by atoms with van der Waals surface area (Å²) in [5.41, 5.74) is 4.11. The summed E-state index contributed by atoms with van der Waals surface area (Å²) in [5, 5.41) is 4.32. The predicted octanol–water partition coefficient (Wildman–Crippen LogP) is 2.38. The van der Waals surface area contributed by atoms with Crippen molar-refractivity contribution in [1.82, 2.24) is 15.2 Å². The lowest BCUT2D eigenvalue weighted by Gasteiger charge is -2.17. The van der Waals surface area contributed by atoms with E-state index in [9.17, 15) is 0 Å². The Morgan fingerprint density at radius 1 is 1.38 bits per heavy atom. The van der Waals surface area contributed by atoms with E-state index in [1.807, 2.05) is 6.20 Å². The summed E-state index contributed by atoms with van der Waals surface area (Å²) in [6.45, 7) is 5.34. The van der Waals surface area contributed by atoms with Gasteiger partial charge in [-0.25, -0.2) is 0 Å². The standard InChI is InChI=1S/C12H24N4/c1-3-5-6-7-11(15-13)12-8-9-14-16(12)10-4-2/h8-9,11,15H,3-7,10,13H2,1-2H3. The molecule has 0 radical (unpaired) electrons. The lowest BCUT2D eigenvalue weighted by molar-refractivity contribution is 0.441. The molecule has 4 nitrogen and oxygen atoms in total. The van der Waals surface area contributed by atoms with Crippen molar-refractivity contribution in [3.8, 4) is 0 Å². The minimum absolute atomic E-state index is 0.237. The molecular formula is C12H24N4. The maximum Gasteiger partial charge on any atom is 0.0629 e. The highest BCUT2D eigenvalue weighted by atomic mass is 15.3. The molecule has 0 fully saturated rings. The first-order valence-electron chi connectivity index (χ1n) is 6.31. The fourth-order valence-corrected chi connectivity index (χ4v) is 1.95. The summed E-state index contributed by atoms with van der Waals surface area (Å²) < 4.78 is 2.05. The maximum atomic E-state index is 5.62. The molecule has 3 N–H and O–H groups in total. The quantitative estimate of drug-likeness (QED) is 0.405. The summed E-state index contributed by atoms with van der Waals surface area (Å²) in [7, 11) is 0. The van der Waals surface area contributed by atoms with E-state index < -0.39 is 0 Å². The Hall–Kier alpha value is -0.870. The van der Waals surface area contributed by atoms with E-state index in [4.69, 9.17) is 5.84 Å². The van der Waals surface area contributed by atoms with E-state index in [-0.39, 0.29) is 6.04 Å². The van der Waals surface area contributed by atoms with E-state index in [1.54, 1.807) is 0 Å². The van der Waals surface area contributed by atoms with Gasteiger partial charge in [-0.15, -0.1) is 0 Å². The molecule has 92 valence electrons. The summed E-state index contributed by atoms with van der Waals surface area (Å²) in [5.74, 6) is 5.62. The molecule has 16 heavy (non-hydrogen) atoms. The van der Waals surface area contributed by atoms with Gasteiger partial charge in [0.2, 0.25) is 0 Å². The number of nitrogens with zero attached hydrogens (tertiary/aromatic N) is 2. The molecule has 0 spiro atoms. The van der Waals surface area contributed by atoms with Crippen molar-refractivity contribution in [2.75, 3.05) is 0 Å². The number of aromatic nitrogens is 2. The lowest BCUT2D eigenvalue weighted by Crippen LogP contribution is -2.30. The highest BCUT2D eigenvalue weighted by Crippen LogP contribution is 2.18. The van der Waals surface area contributed by atoms with Gasteiger partial charge in [0.25, 0.3) is 0 Å². The van der Waals surface area contributed by atoms with E-state index >= 15 is 0 Å². The number of hydrogen-bond acceptors (Lipinski definition) is 3. The molecule has 0 aliphatic heterocycles. The average Bonchev–Trinajstić information content (AvgIpc) is 2.73. The summed E-state index contributed by atoms with van der Waals surface area (Å²) in [6.07, 6.45) is 7.75. The first kappa shape index (κ1) is 13.2. The van der Waals surface area contributed by atoms with Crippen molar-refractivity contribution in [2.24, 2.45) is 5.84 Å². The van der Waals surface area contributed by atoms with Gasteiger partial charge >= 0.3 is 0 Å². The molecule has 0 saturated heterocycles. The predicted molar refractivity (Wildman–Crippen MR) is 66.7 cm³/mol. The Bertz CT molecular complexity index is 282. The minimum Gasteiger partial charge on any atom is -0.271 e. The monoisotopic (exact) mass is 224 g/mol. The molecule has 0 amide bonds. The smallest absolute Gasteiger partial charge is 0.0629 e. The van der Waals surface area contributed by atoms with Gasteiger partial charge in [-0.05, 0) is 18.9 Å². The lowest BCUT2D eigenvalue weighted by atomic mass is 10.1. The second kappa shape index (κ2) is 7.41. The molecule has 0 aliphatic carbocycles. The Balaban J connectivity index is 2.59. The van der Waals surface area contributed by atoms with E-state index in [0.29, 0.717) is 0 Å². The molecule has 0 aromatic carbocycles. The molecule has 0 saturated carbocycles. The van der Waals surface area contributed by atoms with Crippen molar-refractivity contribution in [3.63, 3.8) is 0 Å². The van der Waals surface area contributed by atoms with Crippen LogP contribution in [-0.4, -0.2) is 9.78 Å². The first-order chi connectivity index (χ1) is 7.83. The van der Waals surface area contributed by atoms with Gasteiger partial charge in [0.05, 0.1) is 11.7 Å². The highest BCUT2D eigenvalue weighted by Gasteiger charge is 2.13. The molecule has 1 heterocycles. The number of hydrazine groups is 1. The van der Waals surface area contributed by atoms with Gasteiger partial charge in [-0.3, -0.25) is 16.0 Å². The van der Waals surface area contributed by atoms with E-state index in [1.165, 1.54) is 25.0 Å². The summed E-state index contributed by atoms with van der Waals surface area (Å²) in [4.78, 5) is 0. The summed E-state index contributed by atoms with van der Waals surface area (Å²) >= 11 is 0. The third kappa shape index (κ3) is 3.61. The van der Waals surface area contributed by atoms with Gasteiger partial charge in [-0.2, -0.15) is 5.10 Å². The van der Waals surface area contributed by atoms with Crippen LogP contribution in [0.3, 0.4) is 0 Å². The third-order valence-corrected chi connectivity index (χ3v) is 2.84. The number of hydrogen-bond donors (Lipinski definition) is 2. The Morgan fingerprint density at radius 3 is 2.81 bits per heavy atom. The molecule has 1 aromatic heterocycles. The molecule has 0 bridgehead atoms. The zero-order valence-electron chi connectivity index (χ0n) is 10.4. The maximum absolute atomic E-state index is 5.62. The van der Waals surface area contributed by atoms with Gasteiger partial charge in [0, 0.05) is 12.7 Å². The van der Waals surface area contributed by atoms with Crippen LogP contribution >= 0.6 is 0 Å². The van der Waals surface area contributed by atoms with Crippen molar-refractivity contribution < 1.29 is 0 Å². The zero-order valence-corrected chi connectivity index (χ0v) is 10.4. The van der Waals surface area contributed by atoms with Gasteiger partial charge in [0.1, 0.15) is 0 Å². The molecule has 4 heteroatoms. The van der Waals surface area contributed by atoms with Gasteiger partial charge in [-0.1, -0.05) is 33.1 Å². The Labute approximate surface area is 98.2 Å². The fourth-order valence-electron chi connectivity index (χ4n) is 1.95. The second-order valence-corrected chi connectivity index (χ2v) is 4.19. The average molecular weight is 224 g/mol. The minimum atomic E-state index is 0.237. The summed E-state index contributed by atoms with van der Waals surface area (Å²) in [6, 6.07) is 2.30. The largest absolute Gasteiger partial charge is 0.271 e. The van der Waals surface area contributed by atoms with Crippen LogP contribution in [0.4, 0.5) is 0 Å². The third-order valence-electron chi connectivity index (χ3n) is 2.84. The van der Waals surface area contributed by atoms with Crippen molar-refractivity contribution in [2.45, 2.75) is 58.5 Å². The normalized spacial score (nSPS) is 12.9. The highest BCUT2D eigenvalue weighted by molar-refractivity contribution is 5.06. The molecular weight excluding hydrogens is 200 g/mol. The van der Waals surface area contributed by atoms with Crippen LogP contribution in [0.2, 0.25) is 0 Å². The van der Waals surface area contributed by atoms with Gasteiger partial charge in [0.15, 0.2) is 0 Å². The number of nitrogens with one attached hydrogen (secondary N) is 1. The molecule has 1 aromatic rings.